The minimum absolute atomic E-state index is 0. The molecule has 28 heavy (non-hydrogen) atoms. The van der Waals surface area contributed by atoms with E-state index in [0.29, 0.717) is 30.8 Å². The third-order valence-electron chi connectivity index (χ3n) is 3.97. The second-order valence-electron chi connectivity index (χ2n) is 6.42. The topological polar surface area (TPSA) is 87.6 Å². The van der Waals surface area contributed by atoms with Crippen molar-refractivity contribution in [1.29, 1.82) is 0 Å². The lowest BCUT2D eigenvalue weighted by Crippen LogP contribution is -2.36. The minimum atomic E-state index is -0.0666. The summed E-state index contributed by atoms with van der Waals surface area (Å²) in [7, 11) is 1.74. The van der Waals surface area contributed by atoms with E-state index in [-0.39, 0.29) is 36.5 Å². The van der Waals surface area contributed by atoms with Crippen molar-refractivity contribution in [1.82, 2.24) is 20.9 Å². The van der Waals surface area contributed by atoms with Crippen LogP contribution in [0.2, 0.25) is 0 Å². The van der Waals surface area contributed by atoms with Crippen molar-refractivity contribution in [3.05, 3.63) is 45.9 Å². The normalized spacial score (nSPS) is 13.4. The Morgan fingerprint density at radius 2 is 2.11 bits per heavy atom. The fourth-order valence-electron chi connectivity index (χ4n) is 2.44. The van der Waals surface area contributed by atoms with Gasteiger partial charge in [-0.05, 0) is 37.5 Å². The number of benzene rings is 1. The van der Waals surface area contributed by atoms with E-state index in [1.807, 2.05) is 37.4 Å². The molecule has 0 unspecified atom stereocenters. The summed E-state index contributed by atoms with van der Waals surface area (Å²) in [5.41, 5.74) is 1.04. The van der Waals surface area contributed by atoms with E-state index in [2.05, 4.69) is 25.9 Å². The van der Waals surface area contributed by atoms with Gasteiger partial charge >= 0.3 is 0 Å². The number of hydrogen-bond donors (Lipinski definition) is 3. The maximum absolute atomic E-state index is 11.7. The van der Waals surface area contributed by atoms with Crippen LogP contribution in [0.25, 0.3) is 0 Å². The van der Waals surface area contributed by atoms with Gasteiger partial charge in [0, 0.05) is 30.7 Å². The standard InChI is InChI=1S/C19H25N5O2S.HI/c1-13-9-21-18(27-13)11-23-19(20-2)22-10-14-4-3-5-16(8-14)26-12-17(25)24-15-6-7-15;/h3-5,8-9,15H,6-7,10-12H2,1-2H3,(H,24,25)(H2,20,22,23);1H. The number of amides is 1. The van der Waals surface area contributed by atoms with Crippen LogP contribution < -0.4 is 20.7 Å². The molecule has 0 atom stereocenters. The molecule has 3 N–H and O–H groups in total. The molecule has 2 aromatic rings. The SMILES string of the molecule is CN=C(NCc1cccc(OCC(=O)NC2CC2)c1)NCc1ncc(C)s1.I. The molecule has 1 saturated carbocycles. The van der Waals surface area contributed by atoms with Gasteiger partial charge in [0.15, 0.2) is 12.6 Å². The molecular weight excluding hydrogens is 489 g/mol. The van der Waals surface area contributed by atoms with Gasteiger partial charge in [-0.15, -0.1) is 35.3 Å². The molecule has 0 saturated heterocycles. The van der Waals surface area contributed by atoms with Gasteiger partial charge < -0.3 is 20.7 Å². The molecule has 1 aromatic carbocycles. The molecule has 0 spiro atoms. The summed E-state index contributed by atoms with van der Waals surface area (Å²) in [4.78, 5) is 21.5. The highest BCUT2D eigenvalue weighted by Crippen LogP contribution is 2.18. The van der Waals surface area contributed by atoms with Crippen molar-refractivity contribution in [3.8, 4) is 5.75 Å². The number of thiazole rings is 1. The lowest BCUT2D eigenvalue weighted by molar-refractivity contribution is -0.123. The van der Waals surface area contributed by atoms with Crippen molar-refractivity contribution in [3.63, 3.8) is 0 Å². The summed E-state index contributed by atoms with van der Waals surface area (Å²) in [6, 6.07) is 8.05. The Bertz CT molecular complexity index is 807. The molecule has 1 heterocycles. The Kier molecular flexibility index (Phi) is 8.97. The van der Waals surface area contributed by atoms with E-state index in [9.17, 15) is 4.79 Å². The number of ether oxygens (including phenoxy) is 1. The molecule has 0 radical (unpaired) electrons. The van der Waals surface area contributed by atoms with Gasteiger partial charge in [0.05, 0.1) is 6.54 Å². The first-order chi connectivity index (χ1) is 13.1. The Hall–Kier alpha value is -1.88. The van der Waals surface area contributed by atoms with E-state index in [1.165, 1.54) is 4.88 Å². The van der Waals surface area contributed by atoms with E-state index < -0.39 is 0 Å². The largest absolute Gasteiger partial charge is 0.484 e. The predicted octanol–water partition coefficient (Wildman–Crippen LogP) is 2.59. The van der Waals surface area contributed by atoms with Crippen LogP contribution in [0.5, 0.6) is 5.75 Å². The molecule has 152 valence electrons. The van der Waals surface area contributed by atoms with Gasteiger partial charge in [0.25, 0.3) is 5.91 Å². The molecular formula is C19H26IN5O2S. The van der Waals surface area contributed by atoms with Crippen LogP contribution in [0.15, 0.2) is 35.5 Å². The minimum Gasteiger partial charge on any atom is -0.484 e. The lowest BCUT2D eigenvalue weighted by atomic mass is 10.2. The number of guanidine groups is 1. The predicted molar refractivity (Wildman–Crippen MR) is 122 cm³/mol. The fourth-order valence-corrected chi connectivity index (χ4v) is 3.17. The Balaban J connectivity index is 0.00000280. The molecule has 0 bridgehead atoms. The molecule has 1 amide bonds. The van der Waals surface area contributed by atoms with Gasteiger partial charge in [-0.1, -0.05) is 12.1 Å². The zero-order chi connectivity index (χ0) is 19.1. The van der Waals surface area contributed by atoms with Crippen LogP contribution in [-0.2, 0) is 17.9 Å². The van der Waals surface area contributed by atoms with Crippen LogP contribution in [0, 0.1) is 6.92 Å². The van der Waals surface area contributed by atoms with Crippen LogP contribution >= 0.6 is 35.3 Å². The summed E-state index contributed by atoms with van der Waals surface area (Å²) in [5.74, 6) is 1.32. The van der Waals surface area contributed by atoms with Gasteiger partial charge in [0.1, 0.15) is 10.8 Å². The highest BCUT2D eigenvalue weighted by Gasteiger charge is 2.23. The van der Waals surface area contributed by atoms with Crippen LogP contribution in [0.1, 0.15) is 28.3 Å². The summed E-state index contributed by atoms with van der Waals surface area (Å²) in [5, 5.41) is 10.5. The van der Waals surface area contributed by atoms with Gasteiger partial charge in [-0.3, -0.25) is 9.79 Å². The average Bonchev–Trinajstić information content (AvgIpc) is 3.39. The molecule has 1 aliphatic rings. The second-order valence-corrected chi connectivity index (χ2v) is 7.74. The highest BCUT2D eigenvalue weighted by molar-refractivity contribution is 14.0. The first-order valence-electron chi connectivity index (χ1n) is 8.99. The average molecular weight is 515 g/mol. The Morgan fingerprint density at radius 3 is 2.79 bits per heavy atom. The van der Waals surface area contributed by atoms with Crippen molar-refractivity contribution in [2.24, 2.45) is 4.99 Å². The van der Waals surface area contributed by atoms with Crippen molar-refractivity contribution < 1.29 is 9.53 Å². The number of aryl methyl sites for hydroxylation is 1. The lowest BCUT2D eigenvalue weighted by Gasteiger charge is -2.12. The monoisotopic (exact) mass is 515 g/mol. The van der Waals surface area contributed by atoms with E-state index in [1.54, 1.807) is 18.4 Å². The summed E-state index contributed by atoms with van der Waals surface area (Å²) in [6.07, 6.45) is 4.02. The molecule has 9 heteroatoms. The van der Waals surface area contributed by atoms with Gasteiger partial charge in [0.2, 0.25) is 0 Å². The first kappa shape index (κ1) is 22.4. The third kappa shape index (κ3) is 7.63. The molecule has 0 aliphatic heterocycles. The number of aliphatic imine (C=N–C) groups is 1. The summed E-state index contributed by atoms with van der Waals surface area (Å²) in [6.45, 7) is 3.32. The number of halogens is 1. The Labute approximate surface area is 186 Å². The van der Waals surface area contributed by atoms with E-state index in [0.717, 1.165) is 23.4 Å². The molecule has 1 fully saturated rings. The number of nitrogens with one attached hydrogen (secondary N) is 3. The number of aromatic nitrogens is 1. The highest BCUT2D eigenvalue weighted by atomic mass is 127. The van der Waals surface area contributed by atoms with Gasteiger partial charge in [-0.25, -0.2) is 4.98 Å². The second kappa shape index (κ2) is 11.2. The van der Waals surface area contributed by atoms with E-state index >= 15 is 0 Å². The number of carbonyl (C=O) groups is 1. The zero-order valence-electron chi connectivity index (χ0n) is 16.0. The van der Waals surface area contributed by atoms with Crippen LogP contribution in [0.4, 0.5) is 0 Å². The smallest absolute Gasteiger partial charge is 0.258 e. The number of hydrogen-bond acceptors (Lipinski definition) is 5. The van der Waals surface area contributed by atoms with Crippen molar-refractivity contribution >= 4 is 47.2 Å². The fraction of sp³-hybridized carbons (Fsp3) is 0.421. The quantitative estimate of drug-likeness (QED) is 0.286. The molecule has 1 aromatic heterocycles. The number of carbonyl (C=O) groups excluding carboxylic acids is 1. The molecule has 1 aliphatic carbocycles. The zero-order valence-corrected chi connectivity index (χ0v) is 19.2. The van der Waals surface area contributed by atoms with Gasteiger partial charge in [-0.2, -0.15) is 0 Å². The summed E-state index contributed by atoms with van der Waals surface area (Å²) >= 11 is 1.67. The van der Waals surface area contributed by atoms with Crippen LogP contribution in [-0.4, -0.2) is 36.5 Å². The molecule has 7 nitrogen and oxygen atoms in total. The van der Waals surface area contributed by atoms with E-state index in [4.69, 9.17) is 4.74 Å². The molecule has 3 rings (SSSR count). The van der Waals surface area contributed by atoms with Crippen molar-refractivity contribution in [2.45, 2.75) is 38.9 Å². The van der Waals surface area contributed by atoms with Crippen LogP contribution in [0.3, 0.4) is 0 Å². The first-order valence-corrected chi connectivity index (χ1v) is 9.81. The van der Waals surface area contributed by atoms with Crippen molar-refractivity contribution in [2.75, 3.05) is 13.7 Å². The maximum Gasteiger partial charge on any atom is 0.258 e. The third-order valence-corrected chi connectivity index (χ3v) is 4.88. The summed E-state index contributed by atoms with van der Waals surface area (Å²) < 4.78 is 5.59. The maximum atomic E-state index is 11.7. The number of rotatable bonds is 8. The Morgan fingerprint density at radius 1 is 1.32 bits per heavy atom. The number of nitrogens with zero attached hydrogens (tertiary/aromatic N) is 2.